The number of nitrogens with two attached hydrogens (primary N) is 1. The van der Waals surface area contributed by atoms with Crippen molar-refractivity contribution in [3.63, 3.8) is 0 Å². The van der Waals surface area contributed by atoms with Crippen LogP contribution in [0.5, 0.6) is 0 Å². The minimum atomic E-state index is -2.58. The van der Waals surface area contributed by atoms with Crippen LogP contribution >= 0.6 is 23.2 Å². The lowest BCUT2D eigenvalue weighted by Crippen LogP contribution is -1.91. The van der Waals surface area contributed by atoms with E-state index in [1.54, 1.807) is 0 Å². The van der Waals surface area contributed by atoms with E-state index in [0.717, 1.165) is 12.1 Å². The molecule has 0 radical (unpaired) electrons. The zero-order valence-corrected chi connectivity index (χ0v) is 7.33. The van der Waals surface area contributed by atoms with E-state index in [1.165, 1.54) is 0 Å². The van der Waals surface area contributed by atoms with Crippen LogP contribution in [-0.4, -0.2) is 0 Å². The summed E-state index contributed by atoms with van der Waals surface area (Å²) in [6, 6.07) is 2.21. The van der Waals surface area contributed by atoms with E-state index < -0.39 is 6.43 Å². The molecule has 0 saturated heterocycles. The van der Waals surface area contributed by atoms with Crippen molar-refractivity contribution in [1.82, 2.24) is 0 Å². The summed E-state index contributed by atoms with van der Waals surface area (Å²) in [6.45, 7) is 0. The average Bonchev–Trinajstić information content (AvgIpc) is 1.99. The molecule has 0 amide bonds. The van der Waals surface area contributed by atoms with Crippen LogP contribution < -0.4 is 5.73 Å². The molecule has 0 saturated carbocycles. The maximum absolute atomic E-state index is 12.1. The van der Waals surface area contributed by atoms with Crippen molar-refractivity contribution >= 4 is 28.9 Å². The Morgan fingerprint density at radius 2 is 1.58 bits per heavy atom. The number of nitrogen functional groups attached to an aromatic ring is 1. The van der Waals surface area contributed by atoms with Crippen molar-refractivity contribution in [2.45, 2.75) is 6.43 Å². The molecule has 0 atom stereocenters. The predicted molar refractivity (Wildman–Crippen MR) is 45.8 cm³/mol. The molecule has 66 valence electrons. The van der Waals surface area contributed by atoms with Crippen LogP contribution in [0.15, 0.2) is 12.1 Å². The van der Waals surface area contributed by atoms with Gasteiger partial charge in [0.2, 0.25) is 0 Å². The van der Waals surface area contributed by atoms with E-state index in [2.05, 4.69) is 0 Å². The Morgan fingerprint density at radius 3 is 1.92 bits per heavy atom. The largest absolute Gasteiger partial charge is 0.396 e. The van der Waals surface area contributed by atoms with Gasteiger partial charge in [0.1, 0.15) is 0 Å². The first-order valence-electron chi connectivity index (χ1n) is 3.05. The first-order valence-corrected chi connectivity index (χ1v) is 3.80. The lowest BCUT2D eigenvalue weighted by molar-refractivity contribution is 0.151. The highest BCUT2D eigenvalue weighted by Gasteiger charge is 2.11. The molecule has 0 aromatic heterocycles. The Hall–Kier alpha value is -0.540. The van der Waals surface area contributed by atoms with Crippen molar-refractivity contribution in [1.29, 1.82) is 0 Å². The van der Waals surface area contributed by atoms with Gasteiger partial charge in [-0.15, -0.1) is 0 Å². The van der Waals surface area contributed by atoms with Crippen molar-refractivity contribution < 1.29 is 8.78 Å². The van der Waals surface area contributed by atoms with E-state index in [4.69, 9.17) is 28.9 Å². The van der Waals surface area contributed by atoms with Crippen LogP contribution in [0.4, 0.5) is 14.5 Å². The molecule has 2 N–H and O–H groups in total. The molecule has 5 heteroatoms. The molecule has 0 spiro atoms. The molecule has 0 unspecified atom stereocenters. The fourth-order valence-corrected chi connectivity index (χ4v) is 1.23. The van der Waals surface area contributed by atoms with E-state index in [-0.39, 0.29) is 21.3 Å². The van der Waals surface area contributed by atoms with Gasteiger partial charge in [-0.05, 0) is 12.1 Å². The SMILES string of the molecule is Nc1c(Cl)cc(C(F)F)cc1Cl. The Bertz CT molecular complexity index is 278. The Morgan fingerprint density at radius 1 is 1.17 bits per heavy atom. The first kappa shape index (κ1) is 9.55. The molecule has 0 fully saturated rings. The van der Waals surface area contributed by atoms with Crippen molar-refractivity contribution in [2.24, 2.45) is 0 Å². The molecular weight excluding hydrogens is 207 g/mol. The molecule has 1 nitrogen and oxygen atoms in total. The minimum absolute atomic E-state index is 0.0535. The van der Waals surface area contributed by atoms with E-state index in [0.29, 0.717) is 0 Å². The van der Waals surface area contributed by atoms with Gasteiger partial charge < -0.3 is 5.73 Å². The van der Waals surface area contributed by atoms with Gasteiger partial charge in [-0.2, -0.15) is 0 Å². The predicted octanol–water partition coefficient (Wildman–Crippen LogP) is 3.51. The Kier molecular flexibility index (Phi) is 2.75. The third kappa shape index (κ3) is 1.79. The van der Waals surface area contributed by atoms with Gasteiger partial charge in [0.25, 0.3) is 6.43 Å². The lowest BCUT2D eigenvalue weighted by atomic mass is 10.2. The zero-order valence-electron chi connectivity index (χ0n) is 5.82. The van der Waals surface area contributed by atoms with Gasteiger partial charge in [0.05, 0.1) is 15.7 Å². The second-order valence-electron chi connectivity index (χ2n) is 2.20. The number of alkyl halides is 2. The summed E-state index contributed by atoms with van der Waals surface area (Å²) < 4.78 is 24.2. The van der Waals surface area contributed by atoms with Crippen molar-refractivity contribution in [2.75, 3.05) is 5.73 Å². The number of halogens is 4. The molecule has 0 bridgehead atoms. The second kappa shape index (κ2) is 3.46. The highest BCUT2D eigenvalue weighted by Crippen LogP contribution is 2.32. The molecule has 1 rings (SSSR count). The Balaban J connectivity index is 3.21. The van der Waals surface area contributed by atoms with Crippen LogP contribution in [0.25, 0.3) is 0 Å². The molecule has 0 aliphatic rings. The lowest BCUT2D eigenvalue weighted by Gasteiger charge is -2.04. The molecule has 1 aromatic rings. The summed E-state index contributed by atoms with van der Waals surface area (Å²) in [5, 5.41) is 0.107. The van der Waals surface area contributed by atoms with E-state index >= 15 is 0 Å². The number of hydrogen-bond donors (Lipinski definition) is 1. The standard InChI is InChI=1S/C7H5Cl2F2N/c8-4-1-3(7(10)11)2-5(9)6(4)12/h1-2,7H,12H2. The highest BCUT2D eigenvalue weighted by atomic mass is 35.5. The molecule has 1 aromatic carbocycles. The van der Waals surface area contributed by atoms with Gasteiger partial charge in [-0.25, -0.2) is 8.78 Å². The van der Waals surface area contributed by atoms with Gasteiger partial charge in [-0.3, -0.25) is 0 Å². The van der Waals surface area contributed by atoms with Crippen LogP contribution in [-0.2, 0) is 0 Å². The summed E-state index contributed by atoms with van der Waals surface area (Å²) in [5.41, 5.74) is 5.25. The third-order valence-electron chi connectivity index (χ3n) is 1.35. The van der Waals surface area contributed by atoms with Crippen LogP contribution in [0.1, 0.15) is 12.0 Å². The van der Waals surface area contributed by atoms with Crippen LogP contribution in [0, 0.1) is 0 Å². The summed E-state index contributed by atoms with van der Waals surface area (Å²) >= 11 is 11.0. The molecule has 0 aliphatic heterocycles. The van der Waals surface area contributed by atoms with E-state index in [1.807, 2.05) is 0 Å². The summed E-state index contributed by atoms with van der Waals surface area (Å²) in [6.07, 6.45) is -2.58. The quantitative estimate of drug-likeness (QED) is 0.708. The number of hydrogen-bond acceptors (Lipinski definition) is 1. The van der Waals surface area contributed by atoms with Gasteiger partial charge in [0, 0.05) is 5.56 Å². The monoisotopic (exact) mass is 211 g/mol. The zero-order chi connectivity index (χ0) is 9.30. The summed E-state index contributed by atoms with van der Waals surface area (Å²) in [4.78, 5) is 0. The van der Waals surface area contributed by atoms with Gasteiger partial charge in [-0.1, -0.05) is 23.2 Å². The van der Waals surface area contributed by atoms with Crippen molar-refractivity contribution in [3.05, 3.63) is 27.7 Å². The maximum Gasteiger partial charge on any atom is 0.263 e. The first-order chi connectivity index (χ1) is 5.52. The number of rotatable bonds is 1. The summed E-state index contributed by atoms with van der Waals surface area (Å²) in [5.74, 6) is 0. The van der Waals surface area contributed by atoms with Crippen LogP contribution in [0.2, 0.25) is 10.0 Å². The smallest absolute Gasteiger partial charge is 0.263 e. The molecule has 0 aliphatic carbocycles. The average molecular weight is 212 g/mol. The second-order valence-corrected chi connectivity index (χ2v) is 3.01. The normalized spacial score (nSPS) is 10.8. The van der Waals surface area contributed by atoms with Crippen LogP contribution in [0.3, 0.4) is 0 Å². The fourth-order valence-electron chi connectivity index (χ4n) is 0.730. The fraction of sp³-hybridized carbons (Fsp3) is 0.143. The third-order valence-corrected chi connectivity index (χ3v) is 1.98. The maximum atomic E-state index is 12.1. The number of anilines is 1. The molecular formula is C7H5Cl2F2N. The minimum Gasteiger partial charge on any atom is -0.396 e. The topological polar surface area (TPSA) is 26.0 Å². The summed E-state index contributed by atoms with van der Waals surface area (Å²) in [7, 11) is 0. The molecule has 12 heavy (non-hydrogen) atoms. The molecule has 0 heterocycles. The Labute approximate surface area is 78.1 Å². The number of benzene rings is 1. The van der Waals surface area contributed by atoms with E-state index in [9.17, 15) is 8.78 Å². The van der Waals surface area contributed by atoms with Gasteiger partial charge in [0.15, 0.2) is 0 Å². The highest BCUT2D eigenvalue weighted by molar-refractivity contribution is 6.38. The van der Waals surface area contributed by atoms with Gasteiger partial charge >= 0.3 is 0 Å². The van der Waals surface area contributed by atoms with Crippen molar-refractivity contribution in [3.8, 4) is 0 Å².